The van der Waals surface area contributed by atoms with Crippen molar-refractivity contribution in [2.75, 3.05) is 13.1 Å². The number of esters is 1. The molecular weight excluding hydrogens is 556 g/mol. The number of rotatable bonds is 3. The molecule has 2 aromatic carbocycles. The molecule has 1 heterocycles. The molecule has 0 unspecified atom stereocenters. The number of aromatic hydroxyl groups is 1. The minimum Gasteiger partial charge on any atom is -0.506 e. The highest BCUT2D eigenvalue weighted by atomic mass is 127. The molecule has 0 saturated carbocycles. The van der Waals surface area contributed by atoms with Gasteiger partial charge in [-0.05, 0) is 75.7 Å². The number of benzene rings is 2. The van der Waals surface area contributed by atoms with Crippen LogP contribution < -0.4 is 5.32 Å². The van der Waals surface area contributed by atoms with Gasteiger partial charge in [0, 0.05) is 16.4 Å². The van der Waals surface area contributed by atoms with Crippen LogP contribution in [0, 0.1) is 7.14 Å². The number of ether oxygens (including phenoxy) is 1. The Hall–Kier alpha value is -0.870. The van der Waals surface area contributed by atoms with Crippen molar-refractivity contribution in [1.82, 2.24) is 0 Å². The predicted molar refractivity (Wildman–Crippen MR) is 117 cm³/mol. The summed E-state index contributed by atoms with van der Waals surface area (Å²) in [6.45, 7) is 2.08. The van der Waals surface area contributed by atoms with Gasteiger partial charge in [-0.15, -0.1) is 0 Å². The van der Waals surface area contributed by atoms with Crippen LogP contribution in [0.3, 0.4) is 0 Å². The molecule has 0 bridgehead atoms. The van der Waals surface area contributed by atoms with Crippen LogP contribution in [0.25, 0.3) is 0 Å². The molecule has 0 spiro atoms. The summed E-state index contributed by atoms with van der Waals surface area (Å²) in [7, 11) is 0. The van der Waals surface area contributed by atoms with E-state index in [2.05, 4.69) is 27.9 Å². The topological polar surface area (TPSA) is 63.1 Å². The van der Waals surface area contributed by atoms with E-state index in [0.717, 1.165) is 47.9 Å². The summed E-state index contributed by atoms with van der Waals surface area (Å²) in [5, 5.41) is 12.7. The second kappa shape index (κ2) is 8.88. The van der Waals surface area contributed by atoms with Crippen LogP contribution in [-0.2, 0) is 10.3 Å². The average Bonchev–Trinajstić information content (AvgIpc) is 2.61. The summed E-state index contributed by atoms with van der Waals surface area (Å²) >= 11 is 4.19. The molecule has 1 aliphatic heterocycles. The first-order valence-electron chi connectivity index (χ1n) is 8.80. The first-order chi connectivity index (χ1) is 12.5. The van der Waals surface area contributed by atoms with E-state index in [0.29, 0.717) is 3.57 Å². The van der Waals surface area contributed by atoms with E-state index in [4.69, 9.17) is 4.74 Å². The van der Waals surface area contributed by atoms with Gasteiger partial charge in [0.05, 0.1) is 16.7 Å². The van der Waals surface area contributed by atoms with Gasteiger partial charge < -0.3 is 15.2 Å². The minimum absolute atomic E-state index is 0.00148. The van der Waals surface area contributed by atoms with E-state index in [1.165, 1.54) is 0 Å². The number of nitrogens with two attached hydrogens (primary N) is 1. The molecule has 0 aromatic heterocycles. The normalized spacial score (nSPS) is 17.2. The second-order valence-electron chi connectivity index (χ2n) is 6.61. The average molecular weight is 578 g/mol. The van der Waals surface area contributed by atoms with Crippen LogP contribution in [0.2, 0.25) is 0 Å². The fourth-order valence-electron chi connectivity index (χ4n) is 3.48. The second-order valence-corrected chi connectivity index (χ2v) is 9.01. The van der Waals surface area contributed by atoms with Crippen molar-refractivity contribution in [2.45, 2.75) is 31.3 Å². The van der Waals surface area contributed by atoms with Crippen LogP contribution in [0.15, 0.2) is 42.5 Å². The molecule has 0 atom stereocenters. The minimum atomic E-state index is -0.633. The van der Waals surface area contributed by atoms with Crippen molar-refractivity contribution in [2.24, 2.45) is 0 Å². The zero-order valence-corrected chi connectivity index (χ0v) is 18.7. The van der Waals surface area contributed by atoms with Crippen molar-refractivity contribution in [1.29, 1.82) is 0 Å². The largest absolute Gasteiger partial charge is 0.506 e. The Morgan fingerprint density at radius 2 is 1.73 bits per heavy atom. The van der Waals surface area contributed by atoms with E-state index in [-0.39, 0.29) is 11.3 Å². The van der Waals surface area contributed by atoms with Gasteiger partial charge in [-0.2, -0.15) is 0 Å². The van der Waals surface area contributed by atoms with E-state index in [1.807, 2.05) is 59.0 Å². The molecule has 0 amide bonds. The molecule has 1 saturated heterocycles. The van der Waals surface area contributed by atoms with Gasteiger partial charge in [-0.25, -0.2) is 4.79 Å². The lowest BCUT2D eigenvalue weighted by molar-refractivity contribution is -0.657. The van der Waals surface area contributed by atoms with Crippen LogP contribution in [0.1, 0.15) is 41.6 Å². The van der Waals surface area contributed by atoms with Crippen molar-refractivity contribution in [3.05, 3.63) is 60.7 Å². The van der Waals surface area contributed by atoms with Gasteiger partial charge in [0.15, 0.2) is 0 Å². The van der Waals surface area contributed by atoms with E-state index >= 15 is 0 Å². The maximum atomic E-state index is 13.0. The van der Waals surface area contributed by atoms with Gasteiger partial charge in [0.1, 0.15) is 16.9 Å². The standard InChI is InChI=1S/C20H21I2NO3/c21-15-12-16(18(24)17(22)13-15)19(25)26-20(14-6-2-1-3-7-14)8-4-10-23-11-5-9-20/h1-3,6-7,12-13,23-24H,4-5,8-11H2/p+1. The molecule has 4 nitrogen and oxygen atoms in total. The number of phenolic OH excluding ortho intramolecular Hbond substituents is 1. The third kappa shape index (κ3) is 4.51. The third-order valence-electron chi connectivity index (χ3n) is 4.81. The van der Waals surface area contributed by atoms with E-state index in [9.17, 15) is 9.90 Å². The van der Waals surface area contributed by atoms with Crippen LogP contribution >= 0.6 is 45.2 Å². The number of hydrogen-bond acceptors (Lipinski definition) is 3. The molecule has 0 aliphatic carbocycles. The smallest absolute Gasteiger partial charge is 0.342 e. The highest BCUT2D eigenvalue weighted by molar-refractivity contribution is 14.1. The summed E-state index contributed by atoms with van der Waals surface area (Å²) < 4.78 is 7.71. The maximum absolute atomic E-state index is 13.0. The van der Waals surface area contributed by atoms with Gasteiger partial charge in [-0.3, -0.25) is 0 Å². The van der Waals surface area contributed by atoms with Gasteiger partial charge in [-0.1, -0.05) is 30.3 Å². The Kier molecular flexibility index (Phi) is 6.79. The Morgan fingerprint density at radius 1 is 1.08 bits per heavy atom. The quantitative estimate of drug-likeness (QED) is 0.431. The summed E-state index contributed by atoms with van der Waals surface area (Å²) in [4.78, 5) is 13.0. The van der Waals surface area contributed by atoms with Gasteiger partial charge in [0.25, 0.3) is 0 Å². The number of quaternary nitrogens is 1. The first-order valence-corrected chi connectivity index (χ1v) is 11.0. The third-order valence-corrected chi connectivity index (χ3v) is 6.26. The van der Waals surface area contributed by atoms with Crippen LogP contribution in [0.4, 0.5) is 0 Å². The van der Waals surface area contributed by atoms with Crippen molar-refractivity contribution < 1.29 is 20.0 Å². The Bertz CT molecular complexity index is 772. The Labute approximate surface area is 181 Å². The SMILES string of the molecule is O=C(OC1(c2ccccc2)CCC[NH2+]CCC1)c1cc(I)cc(I)c1O. The van der Waals surface area contributed by atoms with Gasteiger partial charge in [0.2, 0.25) is 0 Å². The highest BCUT2D eigenvalue weighted by Gasteiger charge is 2.37. The molecule has 26 heavy (non-hydrogen) atoms. The lowest BCUT2D eigenvalue weighted by Gasteiger charge is -2.35. The van der Waals surface area contributed by atoms with Crippen molar-refractivity contribution in [3.8, 4) is 5.75 Å². The van der Waals surface area contributed by atoms with E-state index < -0.39 is 11.6 Å². The molecule has 0 radical (unpaired) electrons. The molecule has 1 fully saturated rings. The van der Waals surface area contributed by atoms with Crippen LogP contribution in [-0.4, -0.2) is 24.2 Å². The number of carbonyl (C=O) groups excluding carboxylic acids is 1. The lowest BCUT2D eigenvalue weighted by atomic mass is 9.83. The molecule has 6 heteroatoms. The number of hydrogen-bond donors (Lipinski definition) is 2. The molecule has 3 N–H and O–H groups in total. The Balaban J connectivity index is 1.97. The highest BCUT2D eigenvalue weighted by Crippen LogP contribution is 2.38. The van der Waals surface area contributed by atoms with Crippen molar-refractivity contribution in [3.63, 3.8) is 0 Å². The maximum Gasteiger partial charge on any atom is 0.342 e. The zero-order valence-electron chi connectivity index (χ0n) is 14.4. The summed E-state index contributed by atoms with van der Waals surface area (Å²) in [5.74, 6) is -0.453. The fourth-order valence-corrected chi connectivity index (χ4v) is 5.32. The summed E-state index contributed by atoms with van der Waals surface area (Å²) in [6, 6.07) is 13.6. The van der Waals surface area contributed by atoms with Crippen molar-refractivity contribution >= 4 is 51.2 Å². The number of carbonyl (C=O) groups is 1. The van der Waals surface area contributed by atoms with E-state index in [1.54, 1.807) is 6.07 Å². The molecule has 1 aliphatic rings. The molecule has 2 aromatic rings. The summed E-state index contributed by atoms with van der Waals surface area (Å²) in [6.07, 6.45) is 3.55. The van der Waals surface area contributed by atoms with Gasteiger partial charge >= 0.3 is 5.97 Å². The first kappa shape index (κ1) is 19.9. The molecule has 3 rings (SSSR count). The predicted octanol–water partition coefficient (Wildman–Crippen LogP) is 3.79. The zero-order chi connectivity index (χ0) is 18.6. The Morgan fingerprint density at radius 3 is 2.38 bits per heavy atom. The fraction of sp³-hybridized carbons (Fsp3) is 0.350. The summed E-state index contributed by atoms with van der Waals surface area (Å²) in [5.41, 5.74) is 0.645. The number of phenols is 1. The van der Waals surface area contributed by atoms with Crippen LogP contribution in [0.5, 0.6) is 5.75 Å². The lowest BCUT2D eigenvalue weighted by Crippen LogP contribution is -2.84. The molecule has 138 valence electrons. The number of halogens is 2. The molecular formula is C20H22I2NO3+. The monoisotopic (exact) mass is 578 g/mol.